The molecule has 0 bridgehead atoms. The van der Waals surface area contributed by atoms with E-state index in [1.807, 2.05) is 11.8 Å². The fourth-order valence-corrected chi connectivity index (χ4v) is 3.35. The first kappa shape index (κ1) is 14.9. The van der Waals surface area contributed by atoms with Crippen molar-refractivity contribution in [3.63, 3.8) is 0 Å². The van der Waals surface area contributed by atoms with Gasteiger partial charge in [0.2, 0.25) is 0 Å². The zero-order chi connectivity index (χ0) is 13.7. The second-order valence-electron chi connectivity index (χ2n) is 5.60. The zero-order valence-corrected chi connectivity index (χ0v) is 13.2. The highest BCUT2D eigenvalue weighted by molar-refractivity contribution is 7.98. The summed E-state index contributed by atoms with van der Waals surface area (Å²) in [4.78, 5) is 2.67. The first-order chi connectivity index (χ1) is 9.19. The van der Waals surface area contributed by atoms with Crippen LogP contribution in [0.1, 0.15) is 25.8 Å². The number of rotatable bonds is 5. The molecule has 0 aromatic heterocycles. The van der Waals surface area contributed by atoms with E-state index in [-0.39, 0.29) is 5.54 Å². The highest BCUT2D eigenvalue weighted by Gasteiger charge is 2.35. The van der Waals surface area contributed by atoms with Gasteiger partial charge in [0.1, 0.15) is 0 Å². The summed E-state index contributed by atoms with van der Waals surface area (Å²) in [7, 11) is 0. The maximum Gasteiger partial charge on any atom is 0.0535 e. The molecular weight excluding hydrogens is 252 g/mol. The molecule has 19 heavy (non-hydrogen) atoms. The van der Waals surface area contributed by atoms with Crippen molar-refractivity contribution in [2.75, 3.05) is 31.6 Å². The Morgan fingerprint density at radius 2 is 2.11 bits per heavy atom. The van der Waals surface area contributed by atoms with Crippen molar-refractivity contribution in [1.82, 2.24) is 10.2 Å². The van der Waals surface area contributed by atoms with E-state index in [0.717, 1.165) is 13.1 Å². The molecule has 0 aliphatic carbocycles. The summed E-state index contributed by atoms with van der Waals surface area (Å²) in [6.45, 7) is 8.03. The highest BCUT2D eigenvalue weighted by atomic mass is 32.2. The van der Waals surface area contributed by atoms with Gasteiger partial charge in [0.15, 0.2) is 0 Å². The third kappa shape index (κ3) is 3.53. The Bertz CT molecular complexity index is 382. The number of hydrogen-bond donors (Lipinski definition) is 1. The lowest BCUT2D eigenvalue weighted by Crippen LogP contribution is -2.61. The fraction of sp³-hybridized carbons (Fsp3) is 0.625. The van der Waals surface area contributed by atoms with Crippen LogP contribution in [-0.2, 0) is 5.54 Å². The molecule has 3 heteroatoms. The molecule has 2 atom stereocenters. The predicted molar refractivity (Wildman–Crippen MR) is 85.8 cm³/mol. The van der Waals surface area contributed by atoms with E-state index in [2.05, 4.69) is 60.7 Å². The summed E-state index contributed by atoms with van der Waals surface area (Å²) in [6, 6.07) is 11.5. The number of hydrogen-bond acceptors (Lipinski definition) is 3. The molecule has 1 aromatic rings. The van der Waals surface area contributed by atoms with Crippen LogP contribution >= 0.6 is 11.8 Å². The second-order valence-corrected chi connectivity index (χ2v) is 6.59. The molecule has 0 saturated carbocycles. The van der Waals surface area contributed by atoms with Gasteiger partial charge in [-0.15, -0.1) is 0 Å². The molecule has 2 rings (SSSR count). The third-order valence-corrected chi connectivity index (χ3v) is 4.82. The van der Waals surface area contributed by atoms with Crippen molar-refractivity contribution >= 4 is 11.8 Å². The molecule has 1 fully saturated rings. The molecule has 1 aliphatic rings. The number of benzene rings is 1. The third-order valence-electron chi connectivity index (χ3n) is 4.23. The fourth-order valence-electron chi connectivity index (χ4n) is 2.94. The van der Waals surface area contributed by atoms with Crippen molar-refractivity contribution in [1.29, 1.82) is 0 Å². The first-order valence-electron chi connectivity index (χ1n) is 7.23. The van der Waals surface area contributed by atoms with Crippen LogP contribution in [0.5, 0.6) is 0 Å². The van der Waals surface area contributed by atoms with Crippen molar-refractivity contribution in [3.8, 4) is 0 Å². The summed E-state index contributed by atoms with van der Waals surface area (Å²) in [5.41, 5.74) is 1.49. The Balaban J connectivity index is 2.11. The summed E-state index contributed by atoms with van der Waals surface area (Å²) >= 11 is 1.94. The molecule has 1 aliphatic heterocycles. The average Bonchev–Trinajstić information content (AvgIpc) is 2.46. The van der Waals surface area contributed by atoms with E-state index in [0.29, 0.717) is 6.04 Å². The van der Waals surface area contributed by atoms with Crippen LogP contribution in [-0.4, -0.2) is 42.6 Å². The van der Waals surface area contributed by atoms with E-state index < -0.39 is 0 Å². The standard InChI is InChI=1S/C16H26N2S/c1-4-15-12-17-16(2,13-18(15)10-11-19-3)14-8-6-5-7-9-14/h5-9,15,17H,4,10-13H2,1-3H3. The highest BCUT2D eigenvalue weighted by Crippen LogP contribution is 2.27. The molecule has 0 amide bonds. The van der Waals surface area contributed by atoms with Crippen LogP contribution in [0.4, 0.5) is 0 Å². The largest absolute Gasteiger partial charge is 0.305 e. The zero-order valence-electron chi connectivity index (χ0n) is 12.4. The Kier molecular flexibility index (Phi) is 5.31. The first-order valence-corrected chi connectivity index (χ1v) is 8.62. The van der Waals surface area contributed by atoms with Gasteiger partial charge in [-0.3, -0.25) is 4.90 Å². The minimum Gasteiger partial charge on any atom is -0.305 e. The lowest BCUT2D eigenvalue weighted by molar-refractivity contribution is 0.0896. The van der Waals surface area contributed by atoms with Crippen molar-refractivity contribution in [3.05, 3.63) is 35.9 Å². The van der Waals surface area contributed by atoms with E-state index in [9.17, 15) is 0 Å². The van der Waals surface area contributed by atoms with Gasteiger partial charge in [0.05, 0.1) is 5.54 Å². The monoisotopic (exact) mass is 278 g/mol. The van der Waals surface area contributed by atoms with E-state index >= 15 is 0 Å². The topological polar surface area (TPSA) is 15.3 Å². The van der Waals surface area contributed by atoms with E-state index in [1.54, 1.807) is 0 Å². The molecule has 0 radical (unpaired) electrons. The Morgan fingerprint density at radius 1 is 1.37 bits per heavy atom. The van der Waals surface area contributed by atoms with E-state index in [1.165, 1.54) is 24.3 Å². The van der Waals surface area contributed by atoms with Crippen LogP contribution < -0.4 is 5.32 Å². The molecule has 1 aromatic carbocycles. The van der Waals surface area contributed by atoms with Crippen LogP contribution in [0.15, 0.2) is 30.3 Å². The van der Waals surface area contributed by atoms with Gasteiger partial charge in [-0.2, -0.15) is 11.8 Å². The molecule has 1 heterocycles. The summed E-state index contributed by atoms with van der Waals surface area (Å²) in [5.74, 6) is 1.22. The van der Waals surface area contributed by atoms with Gasteiger partial charge < -0.3 is 5.32 Å². The smallest absolute Gasteiger partial charge is 0.0535 e. The molecule has 2 nitrogen and oxygen atoms in total. The SMILES string of the molecule is CCC1CNC(C)(c2ccccc2)CN1CCSC. The Hall–Kier alpha value is -0.510. The maximum absolute atomic E-state index is 3.77. The number of nitrogens with zero attached hydrogens (tertiary/aromatic N) is 1. The van der Waals surface area contributed by atoms with Gasteiger partial charge in [-0.1, -0.05) is 37.3 Å². The van der Waals surface area contributed by atoms with Gasteiger partial charge >= 0.3 is 0 Å². The molecule has 106 valence electrons. The lowest BCUT2D eigenvalue weighted by atomic mass is 9.88. The minimum absolute atomic E-state index is 0.0886. The quantitative estimate of drug-likeness (QED) is 0.891. The minimum atomic E-state index is 0.0886. The number of nitrogens with one attached hydrogen (secondary N) is 1. The van der Waals surface area contributed by atoms with Crippen LogP contribution in [0.3, 0.4) is 0 Å². The average molecular weight is 278 g/mol. The molecule has 0 spiro atoms. The summed E-state index contributed by atoms with van der Waals surface area (Å²) in [6.07, 6.45) is 3.42. The number of piperazine rings is 1. The van der Waals surface area contributed by atoms with Crippen molar-refractivity contribution in [2.24, 2.45) is 0 Å². The maximum atomic E-state index is 3.77. The molecule has 2 unspecified atom stereocenters. The lowest BCUT2D eigenvalue weighted by Gasteiger charge is -2.46. The van der Waals surface area contributed by atoms with Gasteiger partial charge in [0, 0.05) is 31.4 Å². The summed E-state index contributed by atoms with van der Waals surface area (Å²) < 4.78 is 0. The predicted octanol–water partition coefficient (Wildman–Crippen LogP) is 2.95. The molecular formula is C16H26N2S. The van der Waals surface area contributed by atoms with Gasteiger partial charge in [-0.25, -0.2) is 0 Å². The Labute approximate surface area is 122 Å². The molecule has 1 N–H and O–H groups in total. The Morgan fingerprint density at radius 3 is 2.74 bits per heavy atom. The van der Waals surface area contributed by atoms with Crippen LogP contribution in [0.25, 0.3) is 0 Å². The van der Waals surface area contributed by atoms with Crippen molar-refractivity contribution < 1.29 is 0 Å². The van der Waals surface area contributed by atoms with Crippen LogP contribution in [0, 0.1) is 0 Å². The van der Waals surface area contributed by atoms with E-state index in [4.69, 9.17) is 0 Å². The van der Waals surface area contributed by atoms with Crippen LogP contribution in [0.2, 0.25) is 0 Å². The molecule has 1 saturated heterocycles. The second kappa shape index (κ2) is 6.78. The van der Waals surface area contributed by atoms with Gasteiger partial charge in [0.25, 0.3) is 0 Å². The van der Waals surface area contributed by atoms with Gasteiger partial charge in [-0.05, 0) is 25.2 Å². The number of thioether (sulfide) groups is 1. The summed E-state index contributed by atoms with van der Waals surface area (Å²) in [5, 5.41) is 3.77. The van der Waals surface area contributed by atoms with Crippen molar-refractivity contribution in [2.45, 2.75) is 31.8 Å². The normalized spacial score (nSPS) is 28.5.